The van der Waals surface area contributed by atoms with Gasteiger partial charge in [-0.15, -0.1) is 0 Å². The fourth-order valence-electron chi connectivity index (χ4n) is 2.28. The Balaban J connectivity index is 1.91. The molecule has 0 bridgehead atoms. The van der Waals surface area contributed by atoms with E-state index in [9.17, 15) is 0 Å². The number of fused-ring (bicyclic) bond motifs is 1. The van der Waals surface area contributed by atoms with E-state index in [0.717, 1.165) is 12.1 Å². The first-order valence-corrected chi connectivity index (χ1v) is 4.19. The lowest BCUT2D eigenvalue weighted by Crippen LogP contribution is -2.00. The van der Waals surface area contributed by atoms with Crippen molar-refractivity contribution in [3.05, 3.63) is 0 Å². The zero-order valence-electron chi connectivity index (χ0n) is 6.14. The van der Waals surface area contributed by atoms with Crippen LogP contribution in [0.25, 0.3) is 0 Å². The van der Waals surface area contributed by atoms with Gasteiger partial charge in [0.2, 0.25) is 0 Å². The largest absolute Gasteiger partial charge is 0.295 e. The number of rotatable bonds is 1. The van der Waals surface area contributed by atoms with Gasteiger partial charge in [-0.05, 0) is 19.4 Å². The molecule has 0 aromatic rings. The minimum absolute atomic E-state index is 1.02. The first kappa shape index (κ1) is 5.72. The Labute approximate surface area is 57.0 Å². The number of hydrogen-bond acceptors (Lipinski definition) is 1. The van der Waals surface area contributed by atoms with Crippen molar-refractivity contribution in [3.63, 3.8) is 0 Å². The quantitative estimate of drug-likeness (QED) is 0.481. The van der Waals surface area contributed by atoms with Crippen LogP contribution < -0.4 is 0 Å². The third kappa shape index (κ3) is 0.787. The highest BCUT2D eigenvalue weighted by Gasteiger charge is 2.46. The average molecular weight is 125 g/mol. The Bertz CT molecular complexity index is 92.4. The SMILES string of the molecule is CC[N@]1C2CCCC[C@@H]21. The summed E-state index contributed by atoms with van der Waals surface area (Å²) in [6, 6.07) is 2.03. The molecule has 2 rings (SSSR count). The molecular weight excluding hydrogens is 110 g/mol. The van der Waals surface area contributed by atoms with Gasteiger partial charge in [0.15, 0.2) is 0 Å². The van der Waals surface area contributed by atoms with Gasteiger partial charge in [-0.3, -0.25) is 4.90 Å². The van der Waals surface area contributed by atoms with Crippen LogP contribution in [0.5, 0.6) is 0 Å². The van der Waals surface area contributed by atoms with Crippen molar-refractivity contribution in [1.29, 1.82) is 0 Å². The van der Waals surface area contributed by atoms with E-state index in [2.05, 4.69) is 11.8 Å². The van der Waals surface area contributed by atoms with Crippen molar-refractivity contribution in [2.24, 2.45) is 0 Å². The predicted octanol–water partition coefficient (Wildman–Crippen LogP) is 1.63. The molecule has 1 aliphatic carbocycles. The molecule has 9 heavy (non-hydrogen) atoms. The first-order valence-electron chi connectivity index (χ1n) is 4.19. The predicted molar refractivity (Wildman–Crippen MR) is 38.4 cm³/mol. The molecule has 2 fully saturated rings. The van der Waals surface area contributed by atoms with Crippen molar-refractivity contribution in [2.45, 2.75) is 44.7 Å². The van der Waals surface area contributed by atoms with E-state index in [0.29, 0.717) is 0 Å². The molecule has 2 aliphatic rings. The second-order valence-electron chi connectivity index (χ2n) is 3.25. The Kier molecular flexibility index (Phi) is 1.26. The van der Waals surface area contributed by atoms with Gasteiger partial charge in [0.25, 0.3) is 0 Å². The van der Waals surface area contributed by atoms with Crippen LogP contribution in [0.4, 0.5) is 0 Å². The smallest absolute Gasteiger partial charge is 0.0255 e. The highest BCUT2D eigenvalue weighted by atomic mass is 15.3. The zero-order valence-corrected chi connectivity index (χ0v) is 6.14. The lowest BCUT2D eigenvalue weighted by Gasteiger charge is -2.02. The summed E-state index contributed by atoms with van der Waals surface area (Å²) in [5, 5.41) is 0. The van der Waals surface area contributed by atoms with Crippen molar-refractivity contribution in [3.8, 4) is 0 Å². The molecule has 0 N–H and O–H groups in total. The average Bonchev–Trinajstić information content (AvgIpc) is 2.60. The van der Waals surface area contributed by atoms with E-state index < -0.39 is 0 Å². The van der Waals surface area contributed by atoms with Crippen LogP contribution in [-0.4, -0.2) is 23.5 Å². The van der Waals surface area contributed by atoms with Gasteiger partial charge in [0, 0.05) is 12.1 Å². The van der Waals surface area contributed by atoms with Gasteiger partial charge in [-0.1, -0.05) is 19.8 Å². The first-order chi connectivity index (χ1) is 4.43. The lowest BCUT2D eigenvalue weighted by atomic mass is 10.0. The van der Waals surface area contributed by atoms with Crippen molar-refractivity contribution in [1.82, 2.24) is 4.90 Å². The van der Waals surface area contributed by atoms with E-state index in [1.807, 2.05) is 0 Å². The molecule has 52 valence electrons. The standard InChI is InChI=1S/C8H15N/c1-2-9-7-5-3-4-6-8(7)9/h7-8H,2-6H2,1H3/t7-,8?,9-/m0/s1. The minimum atomic E-state index is 1.02. The van der Waals surface area contributed by atoms with Crippen LogP contribution in [0.15, 0.2) is 0 Å². The summed E-state index contributed by atoms with van der Waals surface area (Å²) >= 11 is 0. The number of hydrogen-bond donors (Lipinski definition) is 0. The van der Waals surface area contributed by atoms with Crippen LogP contribution in [-0.2, 0) is 0 Å². The summed E-state index contributed by atoms with van der Waals surface area (Å²) in [7, 11) is 0. The van der Waals surface area contributed by atoms with Crippen LogP contribution >= 0.6 is 0 Å². The topological polar surface area (TPSA) is 3.01 Å². The summed E-state index contributed by atoms with van der Waals surface area (Å²) < 4.78 is 0. The molecule has 0 spiro atoms. The van der Waals surface area contributed by atoms with Crippen LogP contribution in [0.3, 0.4) is 0 Å². The van der Waals surface area contributed by atoms with E-state index in [4.69, 9.17) is 0 Å². The van der Waals surface area contributed by atoms with Crippen LogP contribution in [0.1, 0.15) is 32.6 Å². The molecule has 1 nitrogen and oxygen atoms in total. The molecule has 3 atom stereocenters. The molecule has 1 saturated heterocycles. The normalized spacial score (nSPS) is 48.3. The van der Waals surface area contributed by atoms with Crippen molar-refractivity contribution < 1.29 is 0 Å². The zero-order chi connectivity index (χ0) is 6.27. The number of nitrogens with zero attached hydrogens (tertiary/aromatic N) is 1. The van der Waals surface area contributed by atoms with Gasteiger partial charge in [0.1, 0.15) is 0 Å². The highest BCUT2D eigenvalue weighted by molar-refractivity contribution is 5.03. The monoisotopic (exact) mass is 125 g/mol. The second-order valence-corrected chi connectivity index (χ2v) is 3.25. The Hall–Kier alpha value is -0.0400. The molecule has 1 saturated carbocycles. The van der Waals surface area contributed by atoms with E-state index >= 15 is 0 Å². The molecule has 1 heteroatoms. The molecule has 0 aromatic heterocycles. The Morgan fingerprint density at radius 3 is 2.22 bits per heavy atom. The Morgan fingerprint density at radius 1 is 1.22 bits per heavy atom. The van der Waals surface area contributed by atoms with Crippen molar-refractivity contribution in [2.75, 3.05) is 6.54 Å². The summed E-state index contributed by atoms with van der Waals surface area (Å²) in [5.41, 5.74) is 0. The van der Waals surface area contributed by atoms with E-state index in [1.165, 1.54) is 32.2 Å². The maximum Gasteiger partial charge on any atom is 0.0255 e. The molecule has 1 aliphatic heterocycles. The van der Waals surface area contributed by atoms with Crippen LogP contribution in [0.2, 0.25) is 0 Å². The lowest BCUT2D eigenvalue weighted by molar-refractivity contribution is 0.506. The highest BCUT2D eigenvalue weighted by Crippen LogP contribution is 2.39. The van der Waals surface area contributed by atoms with Gasteiger partial charge in [-0.2, -0.15) is 0 Å². The second kappa shape index (κ2) is 1.98. The fourth-order valence-corrected chi connectivity index (χ4v) is 2.28. The fraction of sp³-hybridized carbons (Fsp3) is 1.00. The van der Waals surface area contributed by atoms with Gasteiger partial charge in [-0.25, -0.2) is 0 Å². The molecule has 1 unspecified atom stereocenters. The molecular formula is C8H15N. The third-order valence-corrected chi connectivity index (χ3v) is 2.82. The number of likely N-dealkylation sites (N-methyl/N-ethyl adjacent to an activating group) is 1. The number of likely N-dealkylation sites (tertiary alicyclic amines) is 1. The van der Waals surface area contributed by atoms with Gasteiger partial charge < -0.3 is 0 Å². The van der Waals surface area contributed by atoms with Gasteiger partial charge in [0.05, 0.1) is 0 Å². The summed E-state index contributed by atoms with van der Waals surface area (Å²) in [6.45, 7) is 3.56. The van der Waals surface area contributed by atoms with E-state index in [1.54, 1.807) is 0 Å². The molecule has 0 aromatic carbocycles. The van der Waals surface area contributed by atoms with E-state index in [-0.39, 0.29) is 0 Å². The van der Waals surface area contributed by atoms with Gasteiger partial charge >= 0.3 is 0 Å². The molecule has 0 radical (unpaired) electrons. The third-order valence-electron chi connectivity index (χ3n) is 2.82. The maximum atomic E-state index is 2.63. The summed E-state index contributed by atoms with van der Waals surface area (Å²) in [4.78, 5) is 2.63. The Morgan fingerprint density at radius 2 is 1.78 bits per heavy atom. The minimum Gasteiger partial charge on any atom is -0.295 e. The van der Waals surface area contributed by atoms with Crippen molar-refractivity contribution >= 4 is 0 Å². The molecule has 1 heterocycles. The van der Waals surface area contributed by atoms with Crippen LogP contribution in [0, 0.1) is 0 Å². The maximum absolute atomic E-state index is 2.63. The summed E-state index contributed by atoms with van der Waals surface area (Å²) in [6.07, 6.45) is 5.94. The summed E-state index contributed by atoms with van der Waals surface area (Å²) in [5.74, 6) is 0. The molecule has 0 amide bonds.